The maximum absolute atomic E-state index is 11.1. The van der Waals surface area contributed by atoms with Gasteiger partial charge in [-0.15, -0.1) is 0 Å². The minimum absolute atomic E-state index is 0.209. The predicted octanol–water partition coefficient (Wildman–Crippen LogP) is 2.85. The second-order valence-corrected chi connectivity index (χ2v) is 3.96. The fourth-order valence-corrected chi connectivity index (χ4v) is 1.67. The van der Waals surface area contributed by atoms with Crippen molar-refractivity contribution in [3.8, 4) is 5.75 Å². The van der Waals surface area contributed by atoms with Crippen LogP contribution in [0.3, 0.4) is 0 Å². The second kappa shape index (κ2) is 5.53. The van der Waals surface area contributed by atoms with Crippen molar-refractivity contribution in [2.75, 3.05) is 6.61 Å². The normalized spacial score (nSPS) is 14.1. The molecule has 0 fully saturated rings. The number of ether oxygens (including phenoxy) is 2. The monoisotopic (exact) mass is 232 g/mol. The zero-order chi connectivity index (χ0) is 12.1. The van der Waals surface area contributed by atoms with Crippen LogP contribution in [0.4, 0.5) is 0 Å². The van der Waals surface area contributed by atoms with Gasteiger partial charge in [-0.2, -0.15) is 0 Å². The number of rotatable bonds is 4. The summed E-state index contributed by atoms with van der Waals surface area (Å²) in [4.78, 5) is 11.1. The average molecular weight is 232 g/mol. The minimum atomic E-state index is -0.209. The van der Waals surface area contributed by atoms with Gasteiger partial charge in [-0.1, -0.05) is 19.1 Å². The lowest BCUT2D eigenvalue weighted by Crippen LogP contribution is -2.05. The van der Waals surface area contributed by atoms with E-state index in [1.165, 1.54) is 0 Å². The largest absolute Gasteiger partial charge is 0.498 e. The van der Waals surface area contributed by atoms with Crippen LogP contribution in [0.1, 0.15) is 25.3 Å². The fraction of sp³-hybridized carbons (Fsp3) is 0.357. The summed E-state index contributed by atoms with van der Waals surface area (Å²) in [6.45, 7) is 2.57. The van der Waals surface area contributed by atoms with E-state index in [1.54, 1.807) is 6.92 Å². The number of carbonyl (C=O) groups excluding carboxylic acids is 1. The molecule has 1 aromatic rings. The van der Waals surface area contributed by atoms with Crippen molar-refractivity contribution in [2.45, 2.75) is 26.2 Å². The molecule has 1 heterocycles. The molecule has 1 aromatic carbocycles. The van der Waals surface area contributed by atoms with Gasteiger partial charge in [-0.25, -0.2) is 0 Å². The van der Waals surface area contributed by atoms with E-state index in [0.717, 1.165) is 30.8 Å². The SMILES string of the molecule is CCC(=O)Oc1ccc(CC2=CCCO2)cc1. The number of hydrogen-bond donors (Lipinski definition) is 0. The summed E-state index contributed by atoms with van der Waals surface area (Å²) in [6, 6.07) is 7.55. The van der Waals surface area contributed by atoms with Gasteiger partial charge in [0.2, 0.25) is 0 Å². The van der Waals surface area contributed by atoms with Crippen LogP contribution in [0.15, 0.2) is 36.1 Å². The van der Waals surface area contributed by atoms with Crippen LogP contribution in [-0.4, -0.2) is 12.6 Å². The van der Waals surface area contributed by atoms with E-state index in [-0.39, 0.29) is 5.97 Å². The van der Waals surface area contributed by atoms with Crippen molar-refractivity contribution in [3.63, 3.8) is 0 Å². The summed E-state index contributed by atoms with van der Waals surface area (Å²) >= 11 is 0. The molecule has 0 spiro atoms. The number of hydrogen-bond acceptors (Lipinski definition) is 3. The third-order valence-corrected chi connectivity index (χ3v) is 2.60. The third-order valence-electron chi connectivity index (χ3n) is 2.60. The Morgan fingerprint density at radius 3 is 2.71 bits per heavy atom. The van der Waals surface area contributed by atoms with Crippen LogP contribution >= 0.6 is 0 Å². The molecule has 17 heavy (non-hydrogen) atoms. The van der Waals surface area contributed by atoms with Crippen molar-refractivity contribution in [1.82, 2.24) is 0 Å². The Bertz CT molecular complexity index is 418. The van der Waals surface area contributed by atoms with E-state index >= 15 is 0 Å². The van der Waals surface area contributed by atoms with E-state index in [2.05, 4.69) is 6.08 Å². The van der Waals surface area contributed by atoms with E-state index in [9.17, 15) is 4.79 Å². The lowest BCUT2D eigenvalue weighted by molar-refractivity contribution is -0.134. The topological polar surface area (TPSA) is 35.5 Å². The Morgan fingerprint density at radius 1 is 1.35 bits per heavy atom. The summed E-state index contributed by atoms with van der Waals surface area (Å²) in [5.74, 6) is 1.42. The number of esters is 1. The Labute approximate surface area is 101 Å². The molecular weight excluding hydrogens is 216 g/mol. The molecule has 1 aliphatic rings. The van der Waals surface area contributed by atoms with Gasteiger partial charge in [0, 0.05) is 19.3 Å². The maximum atomic E-state index is 11.1. The molecule has 0 aliphatic carbocycles. The van der Waals surface area contributed by atoms with E-state index in [1.807, 2.05) is 24.3 Å². The highest BCUT2D eigenvalue weighted by Gasteiger charge is 2.07. The van der Waals surface area contributed by atoms with Crippen LogP contribution in [0, 0.1) is 0 Å². The van der Waals surface area contributed by atoms with Crippen LogP contribution < -0.4 is 4.74 Å². The van der Waals surface area contributed by atoms with Gasteiger partial charge in [0.15, 0.2) is 0 Å². The highest BCUT2D eigenvalue weighted by Crippen LogP contribution is 2.18. The third kappa shape index (κ3) is 3.34. The Morgan fingerprint density at radius 2 is 2.12 bits per heavy atom. The van der Waals surface area contributed by atoms with Crippen molar-refractivity contribution in [2.24, 2.45) is 0 Å². The summed E-state index contributed by atoms with van der Waals surface area (Å²) in [5.41, 5.74) is 1.16. The van der Waals surface area contributed by atoms with Crippen molar-refractivity contribution >= 4 is 5.97 Å². The molecule has 90 valence electrons. The Hall–Kier alpha value is -1.77. The lowest BCUT2D eigenvalue weighted by Gasteiger charge is -2.06. The Kier molecular flexibility index (Phi) is 3.81. The highest BCUT2D eigenvalue weighted by molar-refractivity contribution is 5.71. The summed E-state index contributed by atoms with van der Waals surface area (Å²) in [6.07, 6.45) is 4.32. The number of benzene rings is 1. The minimum Gasteiger partial charge on any atom is -0.498 e. The molecule has 2 rings (SSSR count). The number of allylic oxidation sites excluding steroid dienone is 1. The molecule has 0 aromatic heterocycles. The molecule has 0 bridgehead atoms. The number of carbonyl (C=O) groups is 1. The molecule has 0 radical (unpaired) electrons. The van der Waals surface area contributed by atoms with Crippen molar-refractivity contribution in [3.05, 3.63) is 41.7 Å². The molecule has 3 heteroatoms. The van der Waals surface area contributed by atoms with Crippen LogP contribution in [0.5, 0.6) is 5.75 Å². The summed E-state index contributed by atoms with van der Waals surface area (Å²) < 4.78 is 10.5. The van der Waals surface area contributed by atoms with Crippen LogP contribution in [0.2, 0.25) is 0 Å². The fourth-order valence-electron chi connectivity index (χ4n) is 1.67. The first-order chi connectivity index (χ1) is 8.28. The summed E-state index contributed by atoms with van der Waals surface area (Å²) in [5, 5.41) is 0. The van der Waals surface area contributed by atoms with Crippen molar-refractivity contribution in [1.29, 1.82) is 0 Å². The van der Waals surface area contributed by atoms with Crippen molar-refractivity contribution < 1.29 is 14.3 Å². The maximum Gasteiger partial charge on any atom is 0.310 e. The van der Waals surface area contributed by atoms with Gasteiger partial charge in [0.25, 0.3) is 0 Å². The molecule has 3 nitrogen and oxygen atoms in total. The molecular formula is C14H16O3. The Balaban J connectivity index is 1.95. The van der Waals surface area contributed by atoms with Crippen LogP contribution in [-0.2, 0) is 16.0 Å². The first-order valence-electron chi connectivity index (χ1n) is 5.89. The van der Waals surface area contributed by atoms with E-state index in [0.29, 0.717) is 12.2 Å². The smallest absolute Gasteiger partial charge is 0.310 e. The quantitative estimate of drug-likeness (QED) is 0.591. The molecule has 0 unspecified atom stereocenters. The molecule has 0 amide bonds. The van der Waals surface area contributed by atoms with Gasteiger partial charge < -0.3 is 9.47 Å². The molecule has 0 N–H and O–H groups in total. The van der Waals surface area contributed by atoms with E-state index < -0.39 is 0 Å². The molecule has 0 atom stereocenters. The summed E-state index contributed by atoms with van der Waals surface area (Å²) in [7, 11) is 0. The lowest BCUT2D eigenvalue weighted by atomic mass is 10.1. The van der Waals surface area contributed by atoms with Gasteiger partial charge in [0.1, 0.15) is 5.75 Å². The average Bonchev–Trinajstić information content (AvgIpc) is 2.84. The predicted molar refractivity (Wildman–Crippen MR) is 64.7 cm³/mol. The first-order valence-corrected chi connectivity index (χ1v) is 5.89. The van der Waals surface area contributed by atoms with Gasteiger partial charge in [-0.3, -0.25) is 4.79 Å². The van der Waals surface area contributed by atoms with Gasteiger partial charge in [0.05, 0.1) is 12.4 Å². The zero-order valence-electron chi connectivity index (χ0n) is 9.94. The molecule has 0 saturated carbocycles. The first kappa shape index (κ1) is 11.7. The second-order valence-electron chi connectivity index (χ2n) is 3.96. The standard InChI is InChI=1S/C14H16O3/c1-2-14(15)17-12-7-5-11(6-8-12)10-13-4-3-9-16-13/h4-8H,2-3,9-10H2,1H3. The molecule has 1 aliphatic heterocycles. The van der Waals surface area contributed by atoms with E-state index in [4.69, 9.17) is 9.47 Å². The van der Waals surface area contributed by atoms with Crippen LogP contribution in [0.25, 0.3) is 0 Å². The highest BCUT2D eigenvalue weighted by atomic mass is 16.5. The zero-order valence-corrected chi connectivity index (χ0v) is 9.94. The molecule has 0 saturated heterocycles. The van der Waals surface area contributed by atoms with Gasteiger partial charge in [-0.05, 0) is 23.8 Å². The van der Waals surface area contributed by atoms with Gasteiger partial charge >= 0.3 is 5.97 Å².